The summed E-state index contributed by atoms with van der Waals surface area (Å²) in [5, 5.41) is 7.36. The Bertz CT molecular complexity index is 370. The Morgan fingerprint density at radius 3 is 2.82 bits per heavy atom. The Morgan fingerprint density at radius 1 is 1.47 bits per heavy atom. The molecule has 0 bridgehead atoms. The first-order valence-corrected chi connectivity index (χ1v) is 6.06. The Labute approximate surface area is 102 Å². The van der Waals surface area contributed by atoms with Crippen LogP contribution in [0, 0.1) is 5.41 Å². The van der Waals surface area contributed by atoms with Crippen molar-refractivity contribution in [2.75, 3.05) is 13.7 Å². The number of ether oxygens (including phenoxy) is 1. The quantitative estimate of drug-likeness (QED) is 0.870. The van der Waals surface area contributed by atoms with Crippen molar-refractivity contribution < 1.29 is 9.26 Å². The second kappa shape index (κ2) is 4.74. The number of methoxy groups -OCH3 is 1. The van der Waals surface area contributed by atoms with Gasteiger partial charge in [0.1, 0.15) is 0 Å². The van der Waals surface area contributed by atoms with Crippen LogP contribution in [0.2, 0.25) is 0 Å². The average Bonchev–Trinajstić information content (AvgIpc) is 2.82. The molecular weight excluding hydrogens is 218 g/mol. The van der Waals surface area contributed by atoms with E-state index in [1.54, 1.807) is 7.11 Å². The molecule has 1 fully saturated rings. The number of nitrogens with one attached hydrogen (secondary N) is 1. The maximum atomic E-state index is 5.31. The van der Waals surface area contributed by atoms with Gasteiger partial charge in [0.25, 0.3) is 0 Å². The third kappa shape index (κ3) is 3.26. The lowest BCUT2D eigenvalue weighted by molar-refractivity contribution is 0.116. The van der Waals surface area contributed by atoms with Crippen molar-refractivity contribution in [3.05, 3.63) is 11.7 Å². The summed E-state index contributed by atoms with van der Waals surface area (Å²) < 4.78 is 10.6. The minimum absolute atomic E-state index is 0.140. The highest BCUT2D eigenvalue weighted by Crippen LogP contribution is 2.25. The van der Waals surface area contributed by atoms with Crippen LogP contribution in [0.3, 0.4) is 0 Å². The molecule has 5 nitrogen and oxygen atoms in total. The van der Waals surface area contributed by atoms with Gasteiger partial charge in [-0.15, -0.1) is 0 Å². The highest BCUT2D eigenvalue weighted by atomic mass is 16.5. The molecule has 2 unspecified atom stereocenters. The van der Waals surface area contributed by atoms with Crippen molar-refractivity contribution in [2.45, 2.75) is 45.8 Å². The van der Waals surface area contributed by atoms with E-state index in [9.17, 15) is 0 Å². The van der Waals surface area contributed by atoms with Crippen molar-refractivity contribution in [1.82, 2.24) is 15.5 Å². The van der Waals surface area contributed by atoms with E-state index in [4.69, 9.17) is 9.26 Å². The van der Waals surface area contributed by atoms with Gasteiger partial charge in [-0.1, -0.05) is 25.9 Å². The summed E-state index contributed by atoms with van der Waals surface area (Å²) >= 11 is 0. The van der Waals surface area contributed by atoms with E-state index in [1.807, 2.05) is 0 Å². The predicted molar refractivity (Wildman–Crippen MR) is 63.6 cm³/mol. The molecule has 0 spiro atoms. The van der Waals surface area contributed by atoms with Crippen LogP contribution in [0.15, 0.2) is 4.52 Å². The van der Waals surface area contributed by atoms with Crippen LogP contribution in [0.5, 0.6) is 0 Å². The van der Waals surface area contributed by atoms with E-state index in [2.05, 4.69) is 36.2 Å². The zero-order chi connectivity index (χ0) is 12.5. The number of nitrogens with zero attached hydrogens (tertiary/aromatic N) is 2. The van der Waals surface area contributed by atoms with E-state index >= 15 is 0 Å². The number of aromatic nitrogens is 2. The van der Waals surface area contributed by atoms with Crippen LogP contribution >= 0.6 is 0 Å². The summed E-state index contributed by atoms with van der Waals surface area (Å²) in [5.74, 6) is 1.47. The molecule has 0 radical (unpaired) electrons. The fraction of sp³-hybridized carbons (Fsp3) is 0.833. The molecule has 2 heterocycles. The van der Waals surface area contributed by atoms with Crippen LogP contribution in [0.1, 0.15) is 44.9 Å². The Morgan fingerprint density at radius 2 is 2.24 bits per heavy atom. The van der Waals surface area contributed by atoms with E-state index in [-0.39, 0.29) is 17.6 Å². The molecular formula is C12H21N3O2. The summed E-state index contributed by atoms with van der Waals surface area (Å²) in [5.41, 5.74) is 0.180. The molecule has 1 aliphatic heterocycles. The molecule has 17 heavy (non-hydrogen) atoms. The van der Waals surface area contributed by atoms with Gasteiger partial charge in [0.2, 0.25) is 5.89 Å². The molecule has 5 heteroatoms. The average molecular weight is 239 g/mol. The summed E-state index contributed by atoms with van der Waals surface area (Å²) in [7, 11) is 1.73. The molecule has 1 N–H and O–H groups in total. The van der Waals surface area contributed by atoms with Crippen molar-refractivity contribution in [1.29, 1.82) is 0 Å². The van der Waals surface area contributed by atoms with Crippen LogP contribution in [0.4, 0.5) is 0 Å². The van der Waals surface area contributed by atoms with E-state index in [0.717, 1.165) is 25.2 Å². The summed E-state index contributed by atoms with van der Waals surface area (Å²) in [6.45, 7) is 7.34. The van der Waals surface area contributed by atoms with E-state index in [1.165, 1.54) is 0 Å². The molecule has 0 saturated carbocycles. The van der Waals surface area contributed by atoms with Gasteiger partial charge in [0.05, 0.1) is 12.1 Å². The lowest BCUT2D eigenvalue weighted by Crippen LogP contribution is -2.16. The molecule has 2 atom stereocenters. The fourth-order valence-electron chi connectivity index (χ4n) is 2.03. The zero-order valence-electron chi connectivity index (χ0n) is 11.0. The fourth-order valence-corrected chi connectivity index (χ4v) is 2.03. The molecule has 2 rings (SSSR count). The van der Waals surface area contributed by atoms with Gasteiger partial charge in [-0.05, 0) is 11.8 Å². The first-order valence-electron chi connectivity index (χ1n) is 6.06. The maximum Gasteiger partial charge on any atom is 0.243 e. The van der Waals surface area contributed by atoms with Crippen molar-refractivity contribution in [2.24, 2.45) is 5.41 Å². The molecule has 1 saturated heterocycles. The Balaban J connectivity index is 1.99. The standard InChI is InChI=1S/C12H21N3O2/c1-12(2,3)6-10-14-11(17-15-10)9-5-8(16-4)7-13-9/h8-9,13H,5-7H2,1-4H3. The molecule has 0 amide bonds. The highest BCUT2D eigenvalue weighted by Gasteiger charge is 2.29. The van der Waals surface area contributed by atoms with Crippen molar-refractivity contribution in [3.8, 4) is 0 Å². The lowest BCUT2D eigenvalue weighted by atomic mass is 9.92. The number of hydrogen-bond acceptors (Lipinski definition) is 5. The first kappa shape index (κ1) is 12.5. The van der Waals surface area contributed by atoms with E-state index in [0.29, 0.717) is 5.89 Å². The summed E-state index contributed by atoms with van der Waals surface area (Å²) in [6.07, 6.45) is 1.97. The summed E-state index contributed by atoms with van der Waals surface area (Å²) in [4.78, 5) is 4.45. The lowest BCUT2D eigenvalue weighted by Gasteiger charge is -2.14. The largest absolute Gasteiger partial charge is 0.380 e. The second-order valence-electron chi connectivity index (χ2n) is 5.84. The zero-order valence-corrected chi connectivity index (χ0v) is 11.0. The van der Waals surface area contributed by atoms with Crippen LogP contribution in [-0.4, -0.2) is 29.9 Å². The van der Waals surface area contributed by atoms with Crippen molar-refractivity contribution >= 4 is 0 Å². The van der Waals surface area contributed by atoms with Crippen LogP contribution < -0.4 is 5.32 Å². The Hall–Kier alpha value is -0.940. The normalized spacial score (nSPS) is 25.4. The second-order valence-corrected chi connectivity index (χ2v) is 5.84. The van der Waals surface area contributed by atoms with Crippen LogP contribution in [-0.2, 0) is 11.2 Å². The van der Waals surface area contributed by atoms with Gasteiger partial charge >= 0.3 is 0 Å². The van der Waals surface area contributed by atoms with Gasteiger partial charge in [0.15, 0.2) is 5.82 Å². The predicted octanol–water partition coefficient (Wildman–Crippen LogP) is 1.71. The van der Waals surface area contributed by atoms with Gasteiger partial charge < -0.3 is 14.6 Å². The minimum atomic E-state index is 0.140. The molecule has 1 aromatic heterocycles. The SMILES string of the molecule is COC1CNC(c2nc(CC(C)(C)C)no2)C1. The molecule has 0 aromatic carbocycles. The third-order valence-corrected chi connectivity index (χ3v) is 2.89. The number of rotatable bonds is 3. The molecule has 96 valence electrons. The maximum absolute atomic E-state index is 5.31. The van der Waals surface area contributed by atoms with Crippen molar-refractivity contribution in [3.63, 3.8) is 0 Å². The minimum Gasteiger partial charge on any atom is -0.380 e. The monoisotopic (exact) mass is 239 g/mol. The van der Waals surface area contributed by atoms with Gasteiger partial charge in [0, 0.05) is 20.1 Å². The van der Waals surface area contributed by atoms with Gasteiger partial charge in [-0.2, -0.15) is 4.98 Å². The number of hydrogen-bond donors (Lipinski definition) is 1. The molecule has 0 aliphatic carbocycles. The first-order chi connectivity index (χ1) is 7.98. The Kier molecular flexibility index (Phi) is 3.49. The van der Waals surface area contributed by atoms with Crippen LogP contribution in [0.25, 0.3) is 0 Å². The molecule has 1 aliphatic rings. The van der Waals surface area contributed by atoms with E-state index < -0.39 is 0 Å². The summed E-state index contributed by atoms with van der Waals surface area (Å²) in [6, 6.07) is 0.140. The highest BCUT2D eigenvalue weighted by molar-refractivity contribution is 4.98. The van der Waals surface area contributed by atoms with Gasteiger partial charge in [-0.25, -0.2) is 0 Å². The van der Waals surface area contributed by atoms with Gasteiger partial charge in [-0.3, -0.25) is 0 Å². The molecule has 1 aromatic rings. The third-order valence-electron chi connectivity index (χ3n) is 2.89. The smallest absolute Gasteiger partial charge is 0.243 e. The topological polar surface area (TPSA) is 60.2 Å².